The molecule has 0 unspecified atom stereocenters. The second kappa shape index (κ2) is 5.62. The third-order valence-corrected chi connectivity index (χ3v) is 2.40. The Bertz CT molecular complexity index is 424. The maximum atomic E-state index is 13.2. The second-order valence-corrected chi connectivity index (χ2v) is 4.52. The topological polar surface area (TPSA) is 33.0 Å². The van der Waals surface area contributed by atoms with Crippen LogP contribution in [0.3, 0.4) is 0 Å². The van der Waals surface area contributed by atoms with E-state index in [0.29, 0.717) is 19.4 Å². The quantitative estimate of drug-likeness (QED) is 0.734. The Morgan fingerprint density at radius 1 is 1.35 bits per heavy atom. The van der Waals surface area contributed by atoms with Crippen LogP contribution in [0.1, 0.15) is 26.7 Å². The Hall–Kier alpha value is -1.63. The van der Waals surface area contributed by atoms with E-state index in [4.69, 9.17) is 10.00 Å². The smallest absolute Gasteiger partial charge is 0.167 e. The predicted octanol–water partition coefficient (Wildman–Crippen LogP) is 3.67. The van der Waals surface area contributed by atoms with E-state index >= 15 is 0 Å². The van der Waals surface area contributed by atoms with E-state index < -0.39 is 17.0 Å². The summed E-state index contributed by atoms with van der Waals surface area (Å²) in [4.78, 5) is 0. The Kier molecular flexibility index (Phi) is 4.45. The molecular weight excluding hydrogens is 224 g/mol. The van der Waals surface area contributed by atoms with Gasteiger partial charge < -0.3 is 4.74 Å². The van der Waals surface area contributed by atoms with Crippen molar-refractivity contribution >= 4 is 0 Å². The number of nitriles is 1. The van der Waals surface area contributed by atoms with Gasteiger partial charge in [-0.05, 0) is 38.8 Å². The highest BCUT2D eigenvalue weighted by atomic mass is 19.1. The summed E-state index contributed by atoms with van der Waals surface area (Å²) in [5.41, 5.74) is -0.398. The first-order valence-corrected chi connectivity index (χ1v) is 5.44. The number of halogens is 2. The molecule has 0 saturated carbocycles. The van der Waals surface area contributed by atoms with Crippen LogP contribution in [0.5, 0.6) is 5.75 Å². The summed E-state index contributed by atoms with van der Waals surface area (Å²) in [6.07, 6.45) is 1.32. The molecule has 0 aliphatic rings. The average Bonchev–Trinajstić information content (AvgIpc) is 2.27. The number of nitrogens with zero attached hydrogens (tertiary/aromatic N) is 1. The zero-order valence-electron chi connectivity index (χ0n) is 9.96. The van der Waals surface area contributed by atoms with Gasteiger partial charge in [-0.25, -0.2) is 8.78 Å². The van der Waals surface area contributed by atoms with E-state index in [0.717, 1.165) is 12.1 Å². The third-order valence-electron chi connectivity index (χ3n) is 2.40. The zero-order chi connectivity index (χ0) is 12.9. The van der Waals surface area contributed by atoms with Crippen molar-refractivity contribution in [2.45, 2.75) is 26.7 Å². The molecule has 0 bridgehead atoms. The van der Waals surface area contributed by atoms with Gasteiger partial charge in [0.15, 0.2) is 11.6 Å². The molecule has 0 fully saturated rings. The molecule has 0 aliphatic heterocycles. The number of hydrogen-bond donors (Lipinski definition) is 0. The summed E-state index contributed by atoms with van der Waals surface area (Å²) in [6, 6.07) is 5.38. The van der Waals surface area contributed by atoms with Gasteiger partial charge >= 0.3 is 0 Å². The Morgan fingerprint density at radius 2 is 2.06 bits per heavy atom. The van der Waals surface area contributed by atoms with Crippen molar-refractivity contribution in [1.82, 2.24) is 0 Å². The normalized spacial score (nSPS) is 11.0. The minimum atomic E-state index is -0.704. The lowest BCUT2D eigenvalue weighted by atomic mass is 9.90. The fourth-order valence-corrected chi connectivity index (χ4v) is 1.34. The molecule has 1 aromatic carbocycles. The summed E-state index contributed by atoms with van der Waals surface area (Å²) in [5, 5.41) is 8.79. The highest BCUT2D eigenvalue weighted by Crippen LogP contribution is 2.22. The predicted molar refractivity (Wildman–Crippen MR) is 60.5 cm³/mol. The summed E-state index contributed by atoms with van der Waals surface area (Å²) in [6.45, 7) is 3.99. The summed E-state index contributed by atoms with van der Waals surface area (Å²) < 4.78 is 30.9. The van der Waals surface area contributed by atoms with Crippen LogP contribution in [0, 0.1) is 28.4 Å². The first-order chi connectivity index (χ1) is 7.94. The van der Waals surface area contributed by atoms with Crippen molar-refractivity contribution in [2.75, 3.05) is 6.61 Å². The molecule has 0 atom stereocenters. The van der Waals surface area contributed by atoms with Crippen molar-refractivity contribution in [3.63, 3.8) is 0 Å². The molecule has 92 valence electrons. The van der Waals surface area contributed by atoms with E-state index in [1.807, 2.05) is 13.8 Å². The minimum Gasteiger partial charge on any atom is -0.491 e. The highest BCUT2D eigenvalue weighted by molar-refractivity contribution is 5.24. The Labute approximate surface area is 99.8 Å². The number of ether oxygens (including phenoxy) is 1. The van der Waals surface area contributed by atoms with Gasteiger partial charge in [0.1, 0.15) is 5.82 Å². The van der Waals surface area contributed by atoms with Crippen LogP contribution >= 0.6 is 0 Å². The van der Waals surface area contributed by atoms with E-state index in [1.165, 1.54) is 6.07 Å². The monoisotopic (exact) mass is 239 g/mol. The van der Waals surface area contributed by atoms with Gasteiger partial charge in [-0.15, -0.1) is 0 Å². The van der Waals surface area contributed by atoms with Gasteiger partial charge in [-0.2, -0.15) is 5.26 Å². The highest BCUT2D eigenvalue weighted by Gasteiger charge is 2.15. The number of rotatable bonds is 5. The van der Waals surface area contributed by atoms with Crippen LogP contribution in [-0.4, -0.2) is 6.61 Å². The molecule has 0 radical (unpaired) electrons. The van der Waals surface area contributed by atoms with Gasteiger partial charge in [0.25, 0.3) is 0 Å². The van der Waals surface area contributed by atoms with Gasteiger partial charge in [-0.3, -0.25) is 0 Å². The molecular formula is C13H15F2NO. The number of hydrogen-bond acceptors (Lipinski definition) is 2. The third kappa shape index (κ3) is 4.39. The minimum absolute atomic E-state index is 0.0427. The first-order valence-electron chi connectivity index (χ1n) is 5.44. The lowest BCUT2D eigenvalue weighted by Crippen LogP contribution is -2.10. The van der Waals surface area contributed by atoms with Crippen LogP contribution < -0.4 is 4.74 Å². The van der Waals surface area contributed by atoms with Crippen LogP contribution in [0.25, 0.3) is 0 Å². The van der Waals surface area contributed by atoms with Gasteiger partial charge in [-0.1, -0.05) is 0 Å². The molecule has 0 saturated heterocycles. The molecule has 1 rings (SSSR count). The molecule has 2 nitrogen and oxygen atoms in total. The molecule has 0 aliphatic carbocycles. The van der Waals surface area contributed by atoms with Crippen molar-refractivity contribution in [3.05, 3.63) is 29.8 Å². The van der Waals surface area contributed by atoms with Crippen molar-refractivity contribution in [2.24, 2.45) is 5.41 Å². The molecule has 1 aromatic rings. The van der Waals surface area contributed by atoms with E-state index in [9.17, 15) is 8.78 Å². The van der Waals surface area contributed by atoms with Crippen molar-refractivity contribution in [1.29, 1.82) is 5.26 Å². The molecule has 0 heterocycles. The van der Waals surface area contributed by atoms with Crippen LogP contribution in [-0.2, 0) is 0 Å². The summed E-state index contributed by atoms with van der Waals surface area (Å²) in [7, 11) is 0. The van der Waals surface area contributed by atoms with Crippen LogP contribution in [0.15, 0.2) is 18.2 Å². The van der Waals surface area contributed by atoms with E-state index in [1.54, 1.807) is 0 Å². The van der Waals surface area contributed by atoms with E-state index in [-0.39, 0.29) is 5.75 Å². The van der Waals surface area contributed by atoms with Crippen LogP contribution in [0.4, 0.5) is 8.78 Å². The van der Waals surface area contributed by atoms with Crippen molar-refractivity contribution < 1.29 is 13.5 Å². The summed E-state index contributed by atoms with van der Waals surface area (Å²) in [5.74, 6) is -1.29. The van der Waals surface area contributed by atoms with Gasteiger partial charge in [0, 0.05) is 6.07 Å². The summed E-state index contributed by atoms with van der Waals surface area (Å²) >= 11 is 0. The SMILES string of the molecule is CC(C)(C#N)CCCOc1ccc(F)cc1F. The second-order valence-electron chi connectivity index (χ2n) is 4.52. The van der Waals surface area contributed by atoms with E-state index in [2.05, 4.69) is 6.07 Å². The zero-order valence-corrected chi connectivity index (χ0v) is 9.96. The average molecular weight is 239 g/mol. The molecule has 17 heavy (non-hydrogen) atoms. The first kappa shape index (κ1) is 13.4. The molecule has 4 heteroatoms. The lowest BCUT2D eigenvalue weighted by Gasteiger charge is -2.14. The van der Waals surface area contributed by atoms with Crippen LogP contribution in [0.2, 0.25) is 0 Å². The maximum absolute atomic E-state index is 13.2. The Morgan fingerprint density at radius 3 is 2.65 bits per heavy atom. The van der Waals surface area contributed by atoms with Gasteiger partial charge in [0.05, 0.1) is 18.1 Å². The molecule has 0 amide bonds. The number of benzene rings is 1. The molecule has 0 N–H and O–H groups in total. The molecule has 0 aromatic heterocycles. The Balaban J connectivity index is 2.39. The standard InChI is InChI=1S/C13H15F2NO/c1-13(2,9-16)6-3-7-17-12-5-4-10(14)8-11(12)15/h4-5,8H,3,6-7H2,1-2H3. The fourth-order valence-electron chi connectivity index (χ4n) is 1.34. The fraction of sp³-hybridized carbons (Fsp3) is 0.462. The molecule has 0 spiro atoms. The largest absolute Gasteiger partial charge is 0.491 e. The van der Waals surface area contributed by atoms with Crippen molar-refractivity contribution in [3.8, 4) is 11.8 Å². The van der Waals surface area contributed by atoms with Gasteiger partial charge in [0.2, 0.25) is 0 Å². The maximum Gasteiger partial charge on any atom is 0.167 e. The lowest BCUT2D eigenvalue weighted by molar-refractivity contribution is 0.272.